The summed E-state index contributed by atoms with van der Waals surface area (Å²) in [5, 5.41) is 0. The molecule has 1 atom stereocenters. The van der Waals surface area contributed by atoms with E-state index in [2.05, 4.69) is 0 Å². The summed E-state index contributed by atoms with van der Waals surface area (Å²) >= 11 is 0. The second-order valence-electron chi connectivity index (χ2n) is 6.04. The Labute approximate surface area is 139 Å². The Morgan fingerprint density at radius 1 is 1.21 bits per heavy atom. The molecular formula is C15H18F2N2O4S. The molecule has 1 aromatic rings. The van der Waals surface area contributed by atoms with Gasteiger partial charge in [-0.25, -0.2) is 22.0 Å². The number of benzene rings is 1. The van der Waals surface area contributed by atoms with Crippen LogP contribution in [-0.4, -0.2) is 55.5 Å². The molecule has 0 aromatic heterocycles. The minimum Gasteiger partial charge on any atom is -0.447 e. The van der Waals surface area contributed by atoms with Crippen LogP contribution in [0.2, 0.25) is 0 Å². The first-order valence-corrected chi connectivity index (χ1v) is 9.15. The highest BCUT2D eigenvalue weighted by atomic mass is 32.2. The molecule has 0 N–H and O–H groups in total. The van der Waals surface area contributed by atoms with E-state index in [0.29, 0.717) is 25.5 Å². The van der Waals surface area contributed by atoms with E-state index in [0.717, 1.165) is 16.4 Å². The van der Waals surface area contributed by atoms with Gasteiger partial charge in [-0.15, -0.1) is 0 Å². The van der Waals surface area contributed by atoms with Gasteiger partial charge in [0.05, 0.1) is 6.04 Å². The smallest absolute Gasteiger partial charge is 0.410 e. The van der Waals surface area contributed by atoms with Crippen molar-refractivity contribution in [2.45, 2.75) is 36.7 Å². The lowest BCUT2D eigenvalue weighted by atomic mass is 10.0. The molecule has 24 heavy (non-hydrogen) atoms. The second kappa shape index (κ2) is 6.29. The Morgan fingerprint density at radius 3 is 2.46 bits per heavy atom. The van der Waals surface area contributed by atoms with Crippen LogP contribution in [0.15, 0.2) is 23.1 Å². The molecule has 2 aliphatic heterocycles. The fourth-order valence-corrected chi connectivity index (χ4v) is 4.76. The quantitative estimate of drug-likeness (QED) is 0.826. The molecule has 2 heterocycles. The molecule has 6 nitrogen and oxygen atoms in total. The molecule has 2 fully saturated rings. The van der Waals surface area contributed by atoms with Gasteiger partial charge in [0.15, 0.2) is 0 Å². The first-order valence-electron chi connectivity index (χ1n) is 7.71. The summed E-state index contributed by atoms with van der Waals surface area (Å²) in [5.74, 6) is -1.78. The van der Waals surface area contributed by atoms with Crippen LogP contribution in [0, 0.1) is 11.6 Å². The topological polar surface area (TPSA) is 66.9 Å². The second-order valence-corrected chi connectivity index (χ2v) is 7.95. The van der Waals surface area contributed by atoms with Gasteiger partial charge in [-0.1, -0.05) is 0 Å². The van der Waals surface area contributed by atoms with Crippen molar-refractivity contribution in [2.24, 2.45) is 0 Å². The molecule has 2 saturated heterocycles. The first-order chi connectivity index (χ1) is 11.3. The Morgan fingerprint density at radius 2 is 1.88 bits per heavy atom. The van der Waals surface area contributed by atoms with Gasteiger partial charge in [0, 0.05) is 19.1 Å². The summed E-state index contributed by atoms with van der Waals surface area (Å²) in [6.45, 7) is 2.47. The lowest BCUT2D eigenvalue weighted by Gasteiger charge is -2.36. The number of rotatable bonds is 3. The molecule has 1 amide bonds. The van der Waals surface area contributed by atoms with Crippen molar-refractivity contribution in [1.82, 2.24) is 9.21 Å². The Kier molecular flexibility index (Phi) is 4.48. The Bertz CT molecular complexity index is 748. The van der Waals surface area contributed by atoms with E-state index >= 15 is 0 Å². The number of amides is 1. The SMILES string of the molecule is CC1COC(=O)N1C1CCN(S(=O)(=O)c2cc(F)ccc2F)CC1. The highest BCUT2D eigenvalue weighted by molar-refractivity contribution is 7.89. The van der Waals surface area contributed by atoms with E-state index in [1.807, 2.05) is 6.92 Å². The van der Waals surface area contributed by atoms with E-state index < -0.39 is 26.6 Å². The predicted octanol–water partition coefficient (Wildman–Crippen LogP) is 1.96. The zero-order valence-electron chi connectivity index (χ0n) is 13.1. The maximum Gasteiger partial charge on any atom is 0.410 e. The number of cyclic esters (lactones) is 1. The van der Waals surface area contributed by atoms with Gasteiger partial charge >= 0.3 is 6.09 Å². The Hall–Kier alpha value is -1.74. The lowest BCUT2D eigenvalue weighted by Crippen LogP contribution is -2.49. The van der Waals surface area contributed by atoms with E-state index in [1.165, 1.54) is 0 Å². The molecule has 9 heteroatoms. The van der Waals surface area contributed by atoms with E-state index in [4.69, 9.17) is 4.74 Å². The molecular weight excluding hydrogens is 342 g/mol. The molecule has 0 spiro atoms. The number of ether oxygens (including phenoxy) is 1. The minimum atomic E-state index is -4.11. The fourth-order valence-electron chi connectivity index (χ4n) is 3.21. The van der Waals surface area contributed by atoms with Gasteiger partial charge in [-0.05, 0) is 38.0 Å². The molecule has 132 valence electrons. The monoisotopic (exact) mass is 360 g/mol. The molecule has 0 aliphatic carbocycles. The van der Waals surface area contributed by atoms with Crippen LogP contribution in [0.3, 0.4) is 0 Å². The van der Waals surface area contributed by atoms with Gasteiger partial charge < -0.3 is 4.74 Å². The van der Waals surface area contributed by atoms with Gasteiger partial charge in [0.25, 0.3) is 0 Å². The van der Waals surface area contributed by atoms with E-state index in [-0.39, 0.29) is 31.3 Å². The molecule has 0 bridgehead atoms. The number of hydrogen-bond acceptors (Lipinski definition) is 4. The van der Waals surface area contributed by atoms with Crippen molar-refractivity contribution in [2.75, 3.05) is 19.7 Å². The van der Waals surface area contributed by atoms with Crippen LogP contribution in [0.5, 0.6) is 0 Å². The van der Waals surface area contributed by atoms with E-state index in [1.54, 1.807) is 4.90 Å². The molecule has 0 saturated carbocycles. The highest BCUT2D eigenvalue weighted by Gasteiger charge is 2.39. The van der Waals surface area contributed by atoms with Crippen LogP contribution in [-0.2, 0) is 14.8 Å². The normalized spacial score (nSPS) is 23.5. The van der Waals surface area contributed by atoms with Gasteiger partial charge in [0.1, 0.15) is 23.1 Å². The summed E-state index contributed by atoms with van der Waals surface area (Å²) in [5.41, 5.74) is 0. The number of carbonyl (C=O) groups excluding carboxylic acids is 1. The van der Waals surface area contributed by atoms with Crippen LogP contribution in [0.1, 0.15) is 19.8 Å². The third-order valence-corrected chi connectivity index (χ3v) is 6.38. The van der Waals surface area contributed by atoms with Crippen LogP contribution in [0.4, 0.5) is 13.6 Å². The first kappa shape index (κ1) is 17.1. The summed E-state index contributed by atoms with van der Waals surface area (Å²) in [7, 11) is -4.11. The van der Waals surface area contributed by atoms with Gasteiger partial charge in [0.2, 0.25) is 10.0 Å². The zero-order chi connectivity index (χ0) is 17.5. The molecule has 0 radical (unpaired) electrons. The van der Waals surface area contributed by atoms with Crippen LogP contribution < -0.4 is 0 Å². The Balaban J connectivity index is 1.74. The molecule has 1 aromatic carbocycles. The maximum absolute atomic E-state index is 13.8. The largest absolute Gasteiger partial charge is 0.447 e. The third kappa shape index (κ3) is 2.98. The summed E-state index contributed by atoms with van der Waals surface area (Å²) in [6, 6.07) is 2.21. The summed E-state index contributed by atoms with van der Waals surface area (Å²) in [4.78, 5) is 12.7. The minimum absolute atomic E-state index is 0.0497. The van der Waals surface area contributed by atoms with Crippen molar-refractivity contribution >= 4 is 16.1 Å². The molecule has 3 rings (SSSR count). The number of piperidine rings is 1. The van der Waals surface area contributed by atoms with Crippen LogP contribution >= 0.6 is 0 Å². The highest BCUT2D eigenvalue weighted by Crippen LogP contribution is 2.28. The number of carbonyl (C=O) groups is 1. The number of halogens is 2. The molecule has 1 unspecified atom stereocenters. The van der Waals surface area contributed by atoms with Crippen molar-refractivity contribution in [3.8, 4) is 0 Å². The summed E-state index contributed by atoms with van der Waals surface area (Å²) in [6.07, 6.45) is 0.463. The van der Waals surface area contributed by atoms with Crippen molar-refractivity contribution in [1.29, 1.82) is 0 Å². The maximum atomic E-state index is 13.8. The average molecular weight is 360 g/mol. The predicted molar refractivity (Wildman–Crippen MR) is 80.8 cm³/mol. The number of nitrogens with zero attached hydrogens (tertiary/aromatic N) is 2. The number of hydrogen-bond donors (Lipinski definition) is 0. The van der Waals surface area contributed by atoms with Gasteiger partial charge in [-0.2, -0.15) is 4.31 Å². The van der Waals surface area contributed by atoms with Crippen molar-refractivity contribution in [3.05, 3.63) is 29.8 Å². The third-order valence-electron chi connectivity index (χ3n) is 4.46. The van der Waals surface area contributed by atoms with Crippen LogP contribution in [0.25, 0.3) is 0 Å². The van der Waals surface area contributed by atoms with Crippen molar-refractivity contribution in [3.63, 3.8) is 0 Å². The molecule has 2 aliphatic rings. The van der Waals surface area contributed by atoms with Gasteiger partial charge in [-0.3, -0.25) is 4.90 Å². The lowest BCUT2D eigenvalue weighted by molar-refractivity contribution is 0.127. The number of sulfonamides is 1. The standard InChI is InChI=1S/C15H18F2N2O4S/c1-10-9-23-15(20)19(10)12-4-6-18(7-5-12)24(21,22)14-8-11(16)2-3-13(14)17/h2-3,8,10,12H,4-7,9H2,1H3. The van der Waals surface area contributed by atoms with E-state index in [9.17, 15) is 22.0 Å². The average Bonchev–Trinajstić information content (AvgIpc) is 2.88. The summed E-state index contributed by atoms with van der Waals surface area (Å²) < 4.78 is 58.3. The fraction of sp³-hybridized carbons (Fsp3) is 0.533. The zero-order valence-corrected chi connectivity index (χ0v) is 13.9. The van der Waals surface area contributed by atoms with Crippen molar-refractivity contribution < 1.29 is 26.7 Å².